The first kappa shape index (κ1) is 23.7. The number of ether oxygens (including phenoxy) is 1. The molecule has 0 spiro atoms. The SMILES string of the molecule is COc1cccc(N(CC(=O)Nc2cc([N+](=O)[O-])ccc2C)S(=O)(=O)c2ccc(C)cc2)c1. The number of hydrogen-bond donors (Lipinski definition) is 1. The Morgan fingerprint density at radius 2 is 1.76 bits per heavy atom. The third kappa shape index (κ3) is 5.47. The number of nitro groups is 1. The largest absolute Gasteiger partial charge is 0.497 e. The molecule has 3 aromatic rings. The minimum atomic E-state index is -4.11. The van der Waals surface area contributed by atoms with Crippen molar-refractivity contribution in [3.63, 3.8) is 0 Å². The maximum absolute atomic E-state index is 13.5. The molecule has 0 bridgehead atoms. The Labute approximate surface area is 191 Å². The number of carbonyl (C=O) groups is 1. The molecule has 3 aromatic carbocycles. The number of aryl methyl sites for hydroxylation is 2. The fraction of sp³-hybridized carbons (Fsp3) is 0.174. The normalized spacial score (nSPS) is 11.0. The van der Waals surface area contributed by atoms with Crippen molar-refractivity contribution in [2.45, 2.75) is 18.7 Å². The number of hydrogen-bond acceptors (Lipinski definition) is 6. The highest BCUT2D eigenvalue weighted by Gasteiger charge is 2.28. The van der Waals surface area contributed by atoms with Crippen LogP contribution in [0.4, 0.5) is 17.1 Å². The van der Waals surface area contributed by atoms with Gasteiger partial charge >= 0.3 is 0 Å². The minimum Gasteiger partial charge on any atom is -0.497 e. The number of nitrogens with zero attached hydrogens (tertiary/aromatic N) is 2. The lowest BCUT2D eigenvalue weighted by Gasteiger charge is -2.24. The van der Waals surface area contributed by atoms with Gasteiger partial charge in [-0.25, -0.2) is 8.42 Å². The quantitative estimate of drug-likeness (QED) is 0.393. The van der Waals surface area contributed by atoms with E-state index in [-0.39, 0.29) is 22.0 Å². The number of anilines is 2. The van der Waals surface area contributed by atoms with Crippen LogP contribution >= 0.6 is 0 Å². The first-order valence-electron chi connectivity index (χ1n) is 9.90. The molecule has 0 unspecified atom stereocenters. The Bertz CT molecular complexity index is 1290. The molecule has 0 fully saturated rings. The fourth-order valence-electron chi connectivity index (χ4n) is 3.10. The molecule has 0 aromatic heterocycles. The van der Waals surface area contributed by atoms with Crippen molar-refractivity contribution in [3.05, 3.63) is 88.0 Å². The highest BCUT2D eigenvalue weighted by Crippen LogP contribution is 2.28. The Kier molecular flexibility index (Phi) is 6.98. The second kappa shape index (κ2) is 9.70. The van der Waals surface area contributed by atoms with Gasteiger partial charge in [-0.15, -0.1) is 0 Å². The molecule has 0 atom stereocenters. The summed E-state index contributed by atoms with van der Waals surface area (Å²) >= 11 is 0. The molecular weight excluding hydrogens is 446 g/mol. The number of nitrogens with one attached hydrogen (secondary N) is 1. The van der Waals surface area contributed by atoms with E-state index in [9.17, 15) is 23.3 Å². The topological polar surface area (TPSA) is 119 Å². The number of carbonyl (C=O) groups excluding carboxylic acids is 1. The summed E-state index contributed by atoms with van der Waals surface area (Å²) in [5.74, 6) is -0.233. The zero-order valence-electron chi connectivity index (χ0n) is 18.3. The lowest BCUT2D eigenvalue weighted by molar-refractivity contribution is -0.384. The molecule has 3 rings (SSSR count). The Hall–Kier alpha value is -3.92. The molecule has 0 aliphatic heterocycles. The average molecular weight is 470 g/mol. The van der Waals surface area contributed by atoms with Gasteiger partial charge in [0.1, 0.15) is 12.3 Å². The van der Waals surface area contributed by atoms with Gasteiger partial charge in [0.15, 0.2) is 0 Å². The zero-order valence-corrected chi connectivity index (χ0v) is 19.1. The third-order valence-corrected chi connectivity index (χ3v) is 6.73. The molecule has 0 heterocycles. The van der Waals surface area contributed by atoms with Gasteiger partial charge in [-0.2, -0.15) is 0 Å². The number of benzene rings is 3. The molecule has 10 heteroatoms. The van der Waals surface area contributed by atoms with E-state index in [1.807, 2.05) is 6.92 Å². The molecule has 0 aliphatic carbocycles. The number of amides is 1. The Morgan fingerprint density at radius 1 is 1.06 bits per heavy atom. The van der Waals surface area contributed by atoms with Crippen molar-refractivity contribution in [2.75, 3.05) is 23.3 Å². The number of methoxy groups -OCH3 is 1. The summed E-state index contributed by atoms with van der Waals surface area (Å²) in [6, 6.07) is 16.7. The van der Waals surface area contributed by atoms with Crippen LogP contribution < -0.4 is 14.4 Å². The molecule has 0 saturated carbocycles. The van der Waals surface area contributed by atoms with E-state index in [1.165, 1.54) is 43.5 Å². The van der Waals surface area contributed by atoms with E-state index in [1.54, 1.807) is 37.3 Å². The van der Waals surface area contributed by atoms with E-state index in [2.05, 4.69) is 5.32 Å². The fourth-order valence-corrected chi connectivity index (χ4v) is 4.51. The summed E-state index contributed by atoms with van der Waals surface area (Å²) < 4.78 is 33.1. The van der Waals surface area contributed by atoms with Crippen molar-refractivity contribution in [1.29, 1.82) is 0 Å². The van der Waals surface area contributed by atoms with E-state index in [0.717, 1.165) is 9.87 Å². The van der Waals surface area contributed by atoms with Crippen LogP contribution in [0.15, 0.2) is 71.6 Å². The molecule has 9 nitrogen and oxygen atoms in total. The van der Waals surface area contributed by atoms with Crippen molar-refractivity contribution in [1.82, 2.24) is 0 Å². The van der Waals surface area contributed by atoms with Gasteiger partial charge in [-0.1, -0.05) is 29.8 Å². The number of non-ortho nitro benzene ring substituents is 1. The average Bonchev–Trinajstić information content (AvgIpc) is 2.79. The zero-order chi connectivity index (χ0) is 24.2. The van der Waals surface area contributed by atoms with Crippen LogP contribution in [-0.2, 0) is 14.8 Å². The maximum atomic E-state index is 13.5. The highest BCUT2D eigenvalue weighted by atomic mass is 32.2. The van der Waals surface area contributed by atoms with Crippen LogP contribution in [0.1, 0.15) is 11.1 Å². The van der Waals surface area contributed by atoms with Crippen LogP contribution in [0, 0.1) is 24.0 Å². The summed E-state index contributed by atoms with van der Waals surface area (Å²) in [6.45, 7) is 2.97. The molecule has 33 heavy (non-hydrogen) atoms. The number of rotatable bonds is 8. The summed E-state index contributed by atoms with van der Waals surface area (Å²) in [7, 11) is -2.65. The van der Waals surface area contributed by atoms with Crippen LogP contribution in [0.2, 0.25) is 0 Å². The van der Waals surface area contributed by atoms with E-state index < -0.39 is 27.4 Å². The Morgan fingerprint density at radius 3 is 2.39 bits per heavy atom. The first-order valence-corrected chi connectivity index (χ1v) is 11.3. The van der Waals surface area contributed by atoms with Crippen molar-refractivity contribution in [2.24, 2.45) is 0 Å². The van der Waals surface area contributed by atoms with E-state index in [0.29, 0.717) is 11.3 Å². The molecule has 172 valence electrons. The van der Waals surface area contributed by atoms with E-state index in [4.69, 9.17) is 4.74 Å². The van der Waals surface area contributed by atoms with Crippen molar-refractivity contribution < 1.29 is 22.9 Å². The van der Waals surface area contributed by atoms with E-state index >= 15 is 0 Å². The molecule has 0 saturated heterocycles. The maximum Gasteiger partial charge on any atom is 0.271 e. The standard InChI is InChI=1S/C23H23N3O6S/c1-16-7-11-21(12-8-16)33(30,31)25(18-5-4-6-20(13-18)32-3)15-23(27)24-22-14-19(26(28)29)10-9-17(22)2/h4-14H,15H2,1-3H3,(H,24,27). The minimum absolute atomic E-state index is 0.0234. The summed E-state index contributed by atoms with van der Waals surface area (Å²) in [5, 5.41) is 13.7. The first-order chi connectivity index (χ1) is 15.6. The predicted molar refractivity (Wildman–Crippen MR) is 125 cm³/mol. The lowest BCUT2D eigenvalue weighted by Crippen LogP contribution is -2.38. The van der Waals surface area contributed by atoms with Gasteiger partial charge in [0.2, 0.25) is 5.91 Å². The van der Waals surface area contributed by atoms with Crippen molar-refractivity contribution >= 4 is 33.0 Å². The smallest absolute Gasteiger partial charge is 0.271 e. The summed E-state index contributed by atoms with van der Waals surface area (Å²) in [5.41, 5.74) is 1.77. The van der Waals surface area contributed by atoms with Gasteiger partial charge in [0.05, 0.1) is 28.3 Å². The van der Waals surface area contributed by atoms with Gasteiger partial charge in [0, 0.05) is 18.2 Å². The highest BCUT2D eigenvalue weighted by molar-refractivity contribution is 7.92. The molecule has 0 radical (unpaired) electrons. The van der Waals surface area contributed by atoms with Gasteiger partial charge in [0.25, 0.3) is 15.7 Å². The predicted octanol–water partition coefficient (Wildman–Crippen LogP) is 4.05. The molecular formula is C23H23N3O6S. The van der Waals surface area contributed by atoms with Gasteiger partial charge < -0.3 is 10.1 Å². The van der Waals surface area contributed by atoms with Gasteiger partial charge in [-0.05, 0) is 43.7 Å². The van der Waals surface area contributed by atoms with Crippen LogP contribution in [0.3, 0.4) is 0 Å². The van der Waals surface area contributed by atoms with Crippen molar-refractivity contribution in [3.8, 4) is 5.75 Å². The van der Waals surface area contributed by atoms with Crippen LogP contribution in [0.5, 0.6) is 5.75 Å². The number of nitro benzene ring substituents is 1. The number of sulfonamides is 1. The molecule has 0 aliphatic rings. The van der Waals surface area contributed by atoms with Crippen LogP contribution in [-0.4, -0.2) is 32.9 Å². The summed E-state index contributed by atoms with van der Waals surface area (Å²) in [4.78, 5) is 23.4. The van der Waals surface area contributed by atoms with Crippen LogP contribution in [0.25, 0.3) is 0 Å². The van der Waals surface area contributed by atoms with Gasteiger partial charge in [-0.3, -0.25) is 19.2 Å². The third-order valence-electron chi connectivity index (χ3n) is 4.94. The monoisotopic (exact) mass is 469 g/mol. The molecule has 1 amide bonds. The summed E-state index contributed by atoms with van der Waals surface area (Å²) in [6.07, 6.45) is 0. The lowest BCUT2D eigenvalue weighted by atomic mass is 10.2. The Balaban J connectivity index is 1.98. The second-order valence-electron chi connectivity index (χ2n) is 7.33. The molecule has 1 N–H and O–H groups in total. The second-order valence-corrected chi connectivity index (χ2v) is 9.19.